The molecule has 0 aliphatic rings. The molecule has 0 aliphatic carbocycles. The van der Waals surface area contributed by atoms with Gasteiger partial charge in [0.1, 0.15) is 0 Å². The molecule has 6 N–H and O–H groups in total. The number of carboxylic acids is 3. The molecule has 0 aromatic heterocycles. The van der Waals surface area contributed by atoms with Crippen LogP contribution in [0.3, 0.4) is 0 Å². The Morgan fingerprint density at radius 3 is 1.53 bits per heavy atom. The monoisotopic (exact) mass is 251 g/mol. The summed E-state index contributed by atoms with van der Waals surface area (Å²) in [5.41, 5.74) is -2.57. The molecule has 0 amide bonds. The lowest BCUT2D eigenvalue weighted by molar-refractivity contribution is -0.184. The number of hydrogen-bond acceptors (Lipinski definition) is 6. The minimum absolute atomic E-state index is 0. The van der Waals surface area contributed by atoms with Crippen molar-refractivity contribution in [3.05, 3.63) is 0 Å². The average Bonchev–Trinajstić information content (AvgIpc) is 1.98. The van der Waals surface area contributed by atoms with Crippen LogP contribution in [0.5, 0.6) is 0 Å². The quantitative estimate of drug-likeness (QED) is 0.453. The Labute approximate surface area is 95.6 Å². The van der Waals surface area contributed by atoms with Crippen LogP contribution in [-0.2, 0) is 23.9 Å². The van der Waals surface area contributed by atoms with Crippen LogP contribution in [0.15, 0.2) is 0 Å². The van der Waals surface area contributed by atoms with E-state index in [9.17, 15) is 19.2 Å². The van der Waals surface area contributed by atoms with Gasteiger partial charge in [-0.1, -0.05) is 0 Å². The van der Waals surface area contributed by atoms with E-state index in [0.29, 0.717) is 0 Å². The lowest BCUT2D eigenvalue weighted by atomic mass is 9.95. The molecule has 17 heavy (non-hydrogen) atoms. The van der Waals surface area contributed by atoms with Gasteiger partial charge in [0.25, 0.3) is 0 Å². The van der Waals surface area contributed by atoms with Crippen LogP contribution in [0.25, 0.3) is 0 Å². The second-order valence-electron chi connectivity index (χ2n) is 3.03. The van der Waals surface area contributed by atoms with E-state index < -0.39 is 42.3 Å². The lowest BCUT2D eigenvalue weighted by Gasteiger charge is -2.25. The maximum Gasteiger partial charge on any atom is 0.349 e. The van der Waals surface area contributed by atoms with E-state index in [1.165, 1.54) is 0 Å². The number of carbonyl (C=O) groups is 4. The molecule has 0 unspecified atom stereocenters. The standard InChI is InChI=1S/C8H10O8.H3N/c1-4(9)16-8(7(14)15,2-5(10)11)3-6(12)13;/h2-3H2,1H3,(H,10,11)(H,12,13)(H,14,15);1H3. The number of rotatable bonds is 6. The Hall–Kier alpha value is -2.16. The first-order chi connectivity index (χ1) is 7.19. The van der Waals surface area contributed by atoms with E-state index in [1.54, 1.807) is 0 Å². The van der Waals surface area contributed by atoms with Gasteiger partial charge in [0.05, 0.1) is 12.8 Å². The van der Waals surface area contributed by atoms with Gasteiger partial charge < -0.3 is 26.2 Å². The SMILES string of the molecule is CC(=O)OC(CC(=O)O)(CC(=O)O)C(=O)O.N. The molecule has 0 heterocycles. The molecule has 9 nitrogen and oxygen atoms in total. The van der Waals surface area contributed by atoms with Crippen LogP contribution < -0.4 is 6.15 Å². The van der Waals surface area contributed by atoms with E-state index in [2.05, 4.69) is 4.74 Å². The van der Waals surface area contributed by atoms with Gasteiger partial charge in [0, 0.05) is 6.92 Å². The van der Waals surface area contributed by atoms with Gasteiger partial charge in [-0.3, -0.25) is 14.4 Å². The Balaban J connectivity index is 0. The normalized spacial score (nSPS) is 9.94. The van der Waals surface area contributed by atoms with E-state index in [0.717, 1.165) is 6.92 Å². The zero-order chi connectivity index (χ0) is 12.9. The molecular formula is C8H13NO8. The minimum atomic E-state index is -2.57. The summed E-state index contributed by atoms with van der Waals surface area (Å²) in [6, 6.07) is 0. The minimum Gasteiger partial charge on any atom is -0.481 e. The summed E-state index contributed by atoms with van der Waals surface area (Å²) in [5, 5.41) is 25.7. The molecule has 9 heteroatoms. The van der Waals surface area contributed by atoms with Gasteiger partial charge in [0.2, 0.25) is 5.60 Å². The predicted molar refractivity (Wildman–Crippen MR) is 51.7 cm³/mol. The first kappa shape index (κ1) is 17.2. The number of carboxylic acid groups (broad SMARTS) is 3. The first-order valence-electron chi connectivity index (χ1n) is 4.06. The highest BCUT2D eigenvalue weighted by Crippen LogP contribution is 2.22. The maximum absolute atomic E-state index is 10.8. The van der Waals surface area contributed by atoms with Crippen molar-refractivity contribution < 1.29 is 39.2 Å². The van der Waals surface area contributed by atoms with Crippen molar-refractivity contribution >= 4 is 23.9 Å². The fourth-order valence-corrected chi connectivity index (χ4v) is 1.09. The summed E-state index contributed by atoms with van der Waals surface area (Å²) in [6.45, 7) is 0.862. The second-order valence-corrected chi connectivity index (χ2v) is 3.03. The van der Waals surface area contributed by atoms with Crippen molar-refractivity contribution in [1.29, 1.82) is 0 Å². The van der Waals surface area contributed by atoms with Gasteiger partial charge in [-0.25, -0.2) is 4.79 Å². The highest BCUT2D eigenvalue weighted by atomic mass is 16.6. The van der Waals surface area contributed by atoms with Crippen LogP contribution in [0.2, 0.25) is 0 Å². The molecule has 0 rings (SSSR count). The Morgan fingerprint density at radius 2 is 1.35 bits per heavy atom. The zero-order valence-electron chi connectivity index (χ0n) is 9.00. The molecule has 0 aliphatic heterocycles. The molecular weight excluding hydrogens is 238 g/mol. The molecule has 0 aromatic carbocycles. The Morgan fingerprint density at radius 1 is 1.00 bits per heavy atom. The topological polar surface area (TPSA) is 173 Å². The van der Waals surface area contributed by atoms with Crippen molar-refractivity contribution in [2.45, 2.75) is 25.4 Å². The average molecular weight is 251 g/mol. The lowest BCUT2D eigenvalue weighted by Crippen LogP contribution is -2.46. The molecule has 0 radical (unpaired) electrons. The van der Waals surface area contributed by atoms with E-state index >= 15 is 0 Å². The van der Waals surface area contributed by atoms with Crippen molar-refractivity contribution in [3.8, 4) is 0 Å². The van der Waals surface area contributed by atoms with Gasteiger partial charge in [-0.15, -0.1) is 0 Å². The van der Waals surface area contributed by atoms with Crippen LogP contribution >= 0.6 is 0 Å². The summed E-state index contributed by atoms with van der Waals surface area (Å²) in [7, 11) is 0. The predicted octanol–water partition coefficient (Wildman–Crippen LogP) is -0.516. The molecule has 0 bridgehead atoms. The number of esters is 1. The van der Waals surface area contributed by atoms with Crippen molar-refractivity contribution in [2.75, 3.05) is 0 Å². The third-order valence-corrected chi connectivity index (χ3v) is 1.60. The Bertz CT molecular complexity index is 296. The van der Waals surface area contributed by atoms with Crippen LogP contribution in [-0.4, -0.2) is 44.8 Å². The van der Waals surface area contributed by atoms with Crippen LogP contribution in [0, 0.1) is 0 Å². The van der Waals surface area contributed by atoms with Crippen molar-refractivity contribution in [2.24, 2.45) is 0 Å². The van der Waals surface area contributed by atoms with E-state index in [1.807, 2.05) is 0 Å². The van der Waals surface area contributed by atoms with E-state index in [-0.39, 0.29) is 6.15 Å². The number of ether oxygens (including phenoxy) is 1. The zero-order valence-corrected chi connectivity index (χ0v) is 9.00. The fourth-order valence-electron chi connectivity index (χ4n) is 1.09. The fraction of sp³-hybridized carbons (Fsp3) is 0.500. The largest absolute Gasteiger partial charge is 0.481 e. The molecule has 0 fully saturated rings. The molecule has 98 valence electrons. The highest BCUT2D eigenvalue weighted by Gasteiger charge is 2.46. The second kappa shape index (κ2) is 6.43. The number of carbonyl (C=O) groups excluding carboxylic acids is 1. The van der Waals surface area contributed by atoms with Crippen LogP contribution in [0.1, 0.15) is 19.8 Å². The summed E-state index contributed by atoms with van der Waals surface area (Å²) in [4.78, 5) is 42.3. The molecule has 0 saturated carbocycles. The maximum atomic E-state index is 10.8. The first-order valence-corrected chi connectivity index (χ1v) is 4.06. The third kappa shape index (κ3) is 5.47. The summed E-state index contributed by atoms with van der Waals surface area (Å²) in [6.07, 6.45) is -2.23. The van der Waals surface area contributed by atoms with Crippen molar-refractivity contribution in [1.82, 2.24) is 6.15 Å². The summed E-state index contributed by atoms with van der Waals surface area (Å²) < 4.78 is 4.32. The Kier molecular flexibility index (Phi) is 6.52. The summed E-state index contributed by atoms with van der Waals surface area (Å²) in [5.74, 6) is -6.03. The third-order valence-electron chi connectivity index (χ3n) is 1.60. The highest BCUT2D eigenvalue weighted by molar-refractivity contribution is 5.90. The van der Waals surface area contributed by atoms with Gasteiger partial charge >= 0.3 is 23.9 Å². The summed E-state index contributed by atoms with van der Waals surface area (Å²) >= 11 is 0. The van der Waals surface area contributed by atoms with Gasteiger partial charge in [-0.05, 0) is 0 Å². The number of hydrogen-bond donors (Lipinski definition) is 4. The van der Waals surface area contributed by atoms with Gasteiger partial charge in [0.15, 0.2) is 0 Å². The smallest absolute Gasteiger partial charge is 0.349 e. The number of aliphatic carboxylic acids is 3. The van der Waals surface area contributed by atoms with Crippen molar-refractivity contribution in [3.63, 3.8) is 0 Å². The molecule has 0 spiro atoms. The molecule has 0 atom stereocenters. The van der Waals surface area contributed by atoms with Gasteiger partial charge in [-0.2, -0.15) is 0 Å². The van der Waals surface area contributed by atoms with E-state index in [4.69, 9.17) is 15.3 Å². The molecule has 0 saturated heterocycles. The molecule has 0 aromatic rings. The van der Waals surface area contributed by atoms with Crippen LogP contribution in [0.4, 0.5) is 0 Å².